The summed E-state index contributed by atoms with van der Waals surface area (Å²) in [5.74, 6) is -0.179. The first-order valence-corrected chi connectivity index (χ1v) is 7.19. The molecule has 1 fully saturated rings. The maximum atomic E-state index is 12.3. The van der Waals surface area contributed by atoms with Crippen molar-refractivity contribution in [3.05, 3.63) is 11.1 Å². The summed E-state index contributed by atoms with van der Waals surface area (Å²) in [5.41, 5.74) is 0.0398. The molecule has 96 valence electrons. The zero-order chi connectivity index (χ0) is 13.0. The Balaban J connectivity index is 2.12. The quantitative estimate of drug-likeness (QED) is 0.833. The number of nitrogens with zero attached hydrogens (tertiary/aromatic N) is 2. The van der Waals surface area contributed by atoms with Crippen molar-refractivity contribution in [2.45, 2.75) is 45.4 Å². The van der Waals surface area contributed by atoms with Crippen LogP contribution in [0.2, 0.25) is 0 Å². The van der Waals surface area contributed by atoms with E-state index in [4.69, 9.17) is 0 Å². The molecule has 1 saturated carbocycles. The summed E-state index contributed by atoms with van der Waals surface area (Å²) in [4.78, 5) is 16.5. The van der Waals surface area contributed by atoms with Gasteiger partial charge in [0.1, 0.15) is 5.41 Å². The van der Waals surface area contributed by atoms with Crippen LogP contribution in [-0.2, 0) is 4.79 Å². The third-order valence-corrected chi connectivity index (χ3v) is 4.32. The summed E-state index contributed by atoms with van der Waals surface area (Å²) in [6.07, 6.45) is 5.48. The Morgan fingerprint density at radius 3 is 2.61 bits per heavy atom. The largest absolute Gasteiger partial charge is 0.301 e. The standard InChI is InChI=1S/C13H17N3OS/c1-10-8-18-12(15-10)16-11(17)13(9-14)6-4-2-3-5-7-13/h8H,2-7H2,1H3,(H,15,16,17). The van der Waals surface area contributed by atoms with Gasteiger partial charge in [-0.25, -0.2) is 4.98 Å². The van der Waals surface area contributed by atoms with Crippen LogP contribution in [0.25, 0.3) is 0 Å². The van der Waals surface area contributed by atoms with Crippen molar-refractivity contribution in [3.63, 3.8) is 0 Å². The van der Waals surface area contributed by atoms with E-state index in [0.717, 1.165) is 31.4 Å². The van der Waals surface area contributed by atoms with Gasteiger partial charge in [-0.15, -0.1) is 11.3 Å². The fraction of sp³-hybridized carbons (Fsp3) is 0.615. The molecule has 0 aliphatic heterocycles. The Hall–Kier alpha value is -1.41. The maximum Gasteiger partial charge on any atom is 0.246 e. The fourth-order valence-electron chi connectivity index (χ4n) is 2.35. The van der Waals surface area contributed by atoms with Crippen LogP contribution in [-0.4, -0.2) is 10.9 Å². The third kappa shape index (κ3) is 2.70. The molecule has 0 radical (unpaired) electrons. The summed E-state index contributed by atoms with van der Waals surface area (Å²) in [5, 5.41) is 14.7. The summed E-state index contributed by atoms with van der Waals surface area (Å²) < 4.78 is 0. The minimum Gasteiger partial charge on any atom is -0.301 e. The normalized spacial score (nSPS) is 18.7. The number of thiazole rings is 1. The van der Waals surface area contributed by atoms with E-state index in [1.807, 2.05) is 12.3 Å². The van der Waals surface area contributed by atoms with Gasteiger partial charge in [0.2, 0.25) is 5.91 Å². The van der Waals surface area contributed by atoms with Gasteiger partial charge in [-0.1, -0.05) is 25.7 Å². The van der Waals surface area contributed by atoms with Crippen molar-refractivity contribution in [2.75, 3.05) is 5.32 Å². The highest BCUT2D eigenvalue weighted by Crippen LogP contribution is 2.35. The molecule has 1 aliphatic carbocycles. The molecule has 1 aromatic heterocycles. The van der Waals surface area contributed by atoms with E-state index in [9.17, 15) is 10.1 Å². The number of hydrogen-bond acceptors (Lipinski definition) is 4. The monoisotopic (exact) mass is 263 g/mol. The number of hydrogen-bond donors (Lipinski definition) is 1. The molecule has 0 unspecified atom stereocenters. The molecule has 0 aromatic carbocycles. The highest BCUT2D eigenvalue weighted by Gasteiger charge is 2.39. The third-order valence-electron chi connectivity index (χ3n) is 3.45. The lowest BCUT2D eigenvalue weighted by atomic mass is 9.81. The van der Waals surface area contributed by atoms with Crippen molar-refractivity contribution in [1.29, 1.82) is 5.26 Å². The number of carbonyl (C=O) groups is 1. The molecule has 18 heavy (non-hydrogen) atoms. The molecule has 0 saturated heterocycles. The number of nitriles is 1. The lowest BCUT2D eigenvalue weighted by Crippen LogP contribution is -2.34. The minimum absolute atomic E-state index is 0.179. The Morgan fingerprint density at radius 2 is 2.11 bits per heavy atom. The highest BCUT2D eigenvalue weighted by atomic mass is 32.1. The number of rotatable bonds is 2. The van der Waals surface area contributed by atoms with Gasteiger partial charge in [-0.3, -0.25) is 4.79 Å². The highest BCUT2D eigenvalue weighted by molar-refractivity contribution is 7.13. The van der Waals surface area contributed by atoms with Crippen molar-refractivity contribution >= 4 is 22.4 Å². The van der Waals surface area contributed by atoms with Gasteiger partial charge in [0.05, 0.1) is 11.8 Å². The van der Waals surface area contributed by atoms with Crippen molar-refractivity contribution in [2.24, 2.45) is 5.41 Å². The zero-order valence-corrected chi connectivity index (χ0v) is 11.3. The lowest BCUT2D eigenvalue weighted by molar-refractivity contribution is -0.123. The molecule has 4 nitrogen and oxygen atoms in total. The van der Waals surface area contributed by atoms with Gasteiger partial charge in [-0.2, -0.15) is 5.26 Å². The molecular weight excluding hydrogens is 246 g/mol. The van der Waals surface area contributed by atoms with E-state index in [-0.39, 0.29) is 5.91 Å². The van der Waals surface area contributed by atoms with Gasteiger partial charge in [0.25, 0.3) is 0 Å². The Kier molecular flexibility index (Phi) is 3.97. The smallest absolute Gasteiger partial charge is 0.246 e. The first kappa shape index (κ1) is 13.0. The van der Waals surface area contributed by atoms with E-state index in [1.54, 1.807) is 0 Å². The van der Waals surface area contributed by atoms with Gasteiger partial charge >= 0.3 is 0 Å². The van der Waals surface area contributed by atoms with E-state index < -0.39 is 5.41 Å². The van der Waals surface area contributed by atoms with Crippen LogP contribution in [0.1, 0.15) is 44.2 Å². The fourth-order valence-corrected chi connectivity index (χ4v) is 3.03. The van der Waals surface area contributed by atoms with Crippen LogP contribution >= 0.6 is 11.3 Å². The second-order valence-electron chi connectivity index (χ2n) is 4.86. The second kappa shape index (κ2) is 5.49. The van der Waals surface area contributed by atoms with Gasteiger partial charge < -0.3 is 5.32 Å². The topological polar surface area (TPSA) is 65.8 Å². The number of carbonyl (C=O) groups excluding carboxylic acids is 1. The number of aromatic nitrogens is 1. The minimum atomic E-state index is -0.851. The lowest BCUT2D eigenvalue weighted by Gasteiger charge is -2.22. The number of aryl methyl sites for hydroxylation is 1. The Labute approximate surface area is 111 Å². The summed E-state index contributed by atoms with van der Waals surface area (Å²) in [6, 6.07) is 2.25. The average molecular weight is 263 g/mol. The van der Waals surface area contributed by atoms with Crippen LogP contribution in [0.5, 0.6) is 0 Å². The SMILES string of the molecule is Cc1csc(NC(=O)C2(C#N)CCCCCC2)n1. The van der Waals surface area contributed by atoms with Crippen LogP contribution in [0, 0.1) is 23.7 Å². The first-order chi connectivity index (χ1) is 8.66. The number of nitrogens with one attached hydrogen (secondary N) is 1. The van der Waals surface area contributed by atoms with Crippen LogP contribution < -0.4 is 5.32 Å². The van der Waals surface area contributed by atoms with Crippen LogP contribution in [0.4, 0.5) is 5.13 Å². The zero-order valence-electron chi connectivity index (χ0n) is 10.5. The van der Waals surface area contributed by atoms with E-state index in [1.165, 1.54) is 11.3 Å². The van der Waals surface area contributed by atoms with Gasteiger partial charge in [0.15, 0.2) is 5.13 Å². The molecule has 1 aromatic rings. The molecular formula is C13H17N3OS. The van der Waals surface area contributed by atoms with Crippen molar-refractivity contribution < 1.29 is 4.79 Å². The number of anilines is 1. The molecule has 1 aliphatic rings. The van der Waals surface area contributed by atoms with E-state index >= 15 is 0 Å². The van der Waals surface area contributed by atoms with E-state index in [0.29, 0.717) is 18.0 Å². The van der Waals surface area contributed by atoms with Crippen molar-refractivity contribution in [3.8, 4) is 6.07 Å². The summed E-state index contributed by atoms with van der Waals surface area (Å²) in [6.45, 7) is 1.89. The van der Waals surface area contributed by atoms with Crippen LogP contribution in [0.15, 0.2) is 5.38 Å². The molecule has 0 bridgehead atoms. The first-order valence-electron chi connectivity index (χ1n) is 6.31. The second-order valence-corrected chi connectivity index (χ2v) is 5.71. The Bertz CT molecular complexity index is 467. The van der Waals surface area contributed by atoms with Crippen molar-refractivity contribution in [1.82, 2.24) is 4.98 Å². The predicted octanol–water partition coefficient (Wildman–Crippen LogP) is 3.25. The van der Waals surface area contributed by atoms with Crippen LogP contribution in [0.3, 0.4) is 0 Å². The molecule has 5 heteroatoms. The summed E-state index contributed by atoms with van der Waals surface area (Å²) >= 11 is 1.40. The molecule has 1 heterocycles. The predicted molar refractivity (Wildman–Crippen MR) is 71.2 cm³/mol. The molecule has 1 N–H and O–H groups in total. The average Bonchev–Trinajstić information content (AvgIpc) is 2.65. The number of amides is 1. The van der Waals surface area contributed by atoms with Gasteiger partial charge in [-0.05, 0) is 19.8 Å². The molecule has 1 amide bonds. The molecule has 0 atom stereocenters. The summed E-state index contributed by atoms with van der Waals surface area (Å²) in [7, 11) is 0. The molecule has 2 rings (SSSR count). The molecule has 0 spiro atoms. The van der Waals surface area contributed by atoms with Gasteiger partial charge in [0, 0.05) is 5.38 Å². The Morgan fingerprint density at radius 1 is 1.44 bits per heavy atom. The van der Waals surface area contributed by atoms with E-state index in [2.05, 4.69) is 16.4 Å². The maximum absolute atomic E-state index is 12.3.